The number of benzene rings is 1. The largest absolute Gasteiger partial charge is 0.381 e. The summed E-state index contributed by atoms with van der Waals surface area (Å²) in [4.78, 5) is 0. The third kappa shape index (κ3) is 1.46. The van der Waals surface area contributed by atoms with Crippen LogP contribution < -0.4 is 5.32 Å². The minimum absolute atomic E-state index is 0.189. The molecule has 0 aliphatic carbocycles. The molecule has 1 spiro atoms. The molecule has 82 valence electrons. The summed E-state index contributed by atoms with van der Waals surface area (Å²) < 4.78 is 5.41. The zero-order valence-electron chi connectivity index (χ0n) is 9.12. The fourth-order valence-electron chi connectivity index (χ4n) is 2.69. The fourth-order valence-corrected chi connectivity index (χ4v) is 2.69. The van der Waals surface area contributed by atoms with Crippen molar-refractivity contribution in [1.82, 2.24) is 0 Å². The van der Waals surface area contributed by atoms with Gasteiger partial charge in [-0.1, -0.05) is 0 Å². The number of nitrogens with one attached hydrogen (secondary N) is 1. The molecule has 0 amide bonds. The van der Waals surface area contributed by atoms with Crippen molar-refractivity contribution in [3.8, 4) is 6.07 Å². The van der Waals surface area contributed by atoms with Crippen molar-refractivity contribution < 1.29 is 4.74 Å². The summed E-state index contributed by atoms with van der Waals surface area (Å²) in [5, 5.41) is 12.5. The summed E-state index contributed by atoms with van der Waals surface area (Å²) in [6.07, 6.45) is 3.15. The summed E-state index contributed by atoms with van der Waals surface area (Å²) in [6, 6.07) is 8.11. The van der Waals surface area contributed by atoms with Gasteiger partial charge in [0.25, 0.3) is 0 Å². The molecule has 3 nitrogen and oxygen atoms in total. The SMILES string of the molecule is N#Cc1ccc2c(c1)CC1(CCOCC1)N2. The van der Waals surface area contributed by atoms with Gasteiger partial charge < -0.3 is 10.1 Å². The highest BCUT2D eigenvalue weighted by molar-refractivity contribution is 5.61. The quantitative estimate of drug-likeness (QED) is 0.719. The summed E-state index contributed by atoms with van der Waals surface area (Å²) in [6.45, 7) is 1.68. The first-order valence-electron chi connectivity index (χ1n) is 5.70. The molecule has 0 radical (unpaired) electrons. The zero-order chi connectivity index (χ0) is 11.0. The highest BCUT2D eigenvalue weighted by atomic mass is 16.5. The average molecular weight is 214 g/mol. The van der Waals surface area contributed by atoms with Gasteiger partial charge in [-0.05, 0) is 43.0 Å². The van der Waals surface area contributed by atoms with E-state index in [1.807, 2.05) is 18.2 Å². The number of hydrogen-bond acceptors (Lipinski definition) is 3. The van der Waals surface area contributed by atoms with E-state index in [1.54, 1.807) is 0 Å². The van der Waals surface area contributed by atoms with E-state index < -0.39 is 0 Å². The van der Waals surface area contributed by atoms with E-state index in [1.165, 1.54) is 11.3 Å². The number of rotatable bonds is 0. The van der Waals surface area contributed by atoms with Crippen LogP contribution in [0.2, 0.25) is 0 Å². The smallest absolute Gasteiger partial charge is 0.0991 e. The molecule has 0 saturated carbocycles. The van der Waals surface area contributed by atoms with E-state index in [4.69, 9.17) is 10.00 Å². The Morgan fingerprint density at radius 3 is 2.88 bits per heavy atom. The number of hydrogen-bond donors (Lipinski definition) is 1. The van der Waals surface area contributed by atoms with Gasteiger partial charge >= 0.3 is 0 Å². The van der Waals surface area contributed by atoms with Crippen molar-refractivity contribution in [2.45, 2.75) is 24.8 Å². The third-order valence-corrected chi connectivity index (χ3v) is 3.61. The molecular weight excluding hydrogens is 200 g/mol. The van der Waals surface area contributed by atoms with Crippen LogP contribution in [0.3, 0.4) is 0 Å². The van der Waals surface area contributed by atoms with Crippen molar-refractivity contribution in [2.24, 2.45) is 0 Å². The van der Waals surface area contributed by atoms with Gasteiger partial charge in [-0.15, -0.1) is 0 Å². The van der Waals surface area contributed by atoms with Crippen LogP contribution in [0, 0.1) is 11.3 Å². The second-order valence-electron chi connectivity index (χ2n) is 4.68. The fraction of sp³-hybridized carbons (Fsp3) is 0.462. The van der Waals surface area contributed by atoms with E-state index in [0.717, 1.165) is 38.0 Å². The molecule has 1 fully saturated rings. The molecule has 2 aliphatic rings. The lowest BCUT2D eigenvalue weighted by Gasteiger charge is -2.34. The zero-order valence-corrected chi connectivity index (χ0v) is 9.12. The molecule has 0 aromatic heterocycles. The van der Waals surface area contributed by atoms with E-state index in [2.05, 4.69) is 11.4 Å². The van der Waals surface area contributed by atoms with Crippen LogP contribution in [0.5, 0.6) is 0 Å². The molecule has 16 heavy (non-hydrogen) atoms. The Morgan fingerprint density at radius 1 is 1.31 bits per heavy atom. The Kier molecular flexibility index (Phi) is 2.12. The second-order valence-corrected chi connectivity index (χ2v) is 4.68. The van der Waals surface area contributed by atoms with Crippen molar-refractivity contribution in [1.29, 1.82) is 5.26 Å². The summed E-state index contributed by atoms with van der Waals surface area (Å²) >= 11 is 0. The van der Waals surface area contributed by atoms with Gasteiger partial charge in [0.2, 0.25) is 0 Å². The first kappa shape index (κ1) is 9.68. The predicted octanol–water partition coefficient (Wildman–Crippen LogP) is 2.08. The Balaban J connectivity index is 1.91. The summed E-state index contributed by atoms with van der Waals surface area (Å²) in [7, 11) is 0. The number of nitrogens with zero attached hydrogens (tertiary/aromatic N) is 1. The molecule has 0 unspecified atom stereocenters. The minimum atomic E-state index is 0.189. The molecule has 3 rings (SSSR count). The maximum Gasteiger partial charge on any atom is 0.0991 e. The van der Waals surface area contributed by atoms with Crippen molar-refractivity contribution in [2.75, 3.05) is 18.5 Å². The van der Waals surface area contributed by atoms with E-state index >= 15 is 0 Å². The van der Waals surface area contributed by atoms with Crippen LogP contribution in [0.4, 0.5) is 5.69 Å². The molecule has 1 aromatic rings. The van der Waals surface area contributed by atoms with Crippen LogP contribution in [-0.4, -0.2) is 18.8 Å². The van der Waals surface area contributed by atoms with Crippen molar-refractivity contribution >= 4 is 5.69 Å². The summed E-state index contributed by atoms with van der Waals surface area (Å²) in [5.74, 6) is 0. The normalized spacial score (nSPS) is 21.2. The molecule has 1 N–H and O–H groups in total. The van der Waals surface area contributed by atoms with Gasteiger partial charge in [-0.3, -0.25) is 0 Å². The first-order chi connectivity index (χ1) is 7.81. The summed E-state index contributed by atoms with van der Waals surface area (Å²) in [5.41, 5.74) is 3.42. The standard InChI is InChI=1S/C13H14N2O/c14-9-10-1-2-12-11(7-10)8-13(15-12)3-5-16-6-4-13/h1-2,7,15H,3-6,8H2. The number of nitriles is 1. The Labute approximate surface area is 95.0 Å². The maximum atomic E-state index is 8.88. The monoisotopic (exact) mass is 214 g/mol. The minimum Gasteiger partial charge on any atom is -0.381 e. The maximum absolute atomic E-state index is 8.88. The van der Waals surface area contributed by atoms with Crippen LogP contribution in [0.25, 0.3) is 0 Å². The lowest BCUT2D eigenvalue weighted by molar-refractivity contribution is 0.0624. The lowest BCUT2D eigenvalue weighted by atomic mass is 9.87. The van der Waals surface area contributed by atoms with Crippen molar-refractivity contribution in [3.63, 3.8) is 0 Å². The van der Waals surface area contributed by atoms with E-state index in [0.29, 0.717) is 0 Å². The molecular formula is C13H14N2O. The van der Waals surface area contributed by atoms with Crippen LogP contribution in [0.15, 0.2) is 18.2 Å². The molecule has 2 aliphatic heterocycles. The molecule has 0 bridgehead atoms. The molecule has 1 aromatic carbocycles. The van der Waals surface area contributed by atoms with Gasteiger partial charge in [-0.2, -0.15) is 5.26 Å². The molecule has 3 heteroatoms. The van der Waals surface area contributed by atoms with Gasteiger partial charge in [0.05, 0.1) is 11.6 Å². The van der Waals surface area contributed by atoms with Gasteiger partial charge in [0, 0.05) is 24.4 Å². The van der Waals surface area contributed by atoms with E-state index in [9.17, 15) is 0 Å². The number of ether oxygens (including phenoxy) is 1. The number of anilines is 1. The molecule has 2 heterocycles. The van der Waals surface area contributed by atoms with Crippen LogP contribution in [0.1, 0.15) is 24.0 Å². The van der Waals surface area contributed by atoms with Crippen LogP contribution >= 0.6 is 0 Å². The van der Waals surface area contributed by atoms with Crippen molar-refractivity contribution in [3.05, 3.63) is 29.3 Å². The lowest BCUT2D eigenvalue weighted by Crippen LogP contribution is -2.41. The highest BCUT2D eigenvalue weighted by Crippen LogP contribution is 2.38. The van der Waals surface area contributed by atoms with Gasteiger partial charge in [0.15, 0.2) is 0 Å². The first-order valence-corrected chi connectivity index (χ1v) is 5.70. The third-order valence-electron chi connectivity index (χ3n) is 3.61. The Morgan fingerprint density at radius 2 is 2.12 bits per heavy atom. The van der Waals surface area contributed by atoms with Crippen LogP contribution in [-0.2, 0) is 11.2 Å². The second kappa shape index (κ2) is 3.50. The van der Waals surface area contributed by atoms with Gasteiger partial charge in [-0.25, -0.2) is 0 Å². The average Bonchev–Trinajstić information content (AvgIpc) is 2.66. The van der Waals surface area contributed by atoms with Gasteiger partial charge in [0.1, 0.15) is 0 Å². The molecule has 1 saturated heterocycles. The topological polar surface area (TPSA) is 45.0 Å². The number of fused-ring (bicyclic) bond motifs is 1. The predicted molar refractivity (Wildman–Crippen MR) is 61.3 cm³/mol. The highest BCUT2D eigenvalue weighted by Gasteiger charge is 2.38. The Bertz CT molecular complexity index is 455. The molecule has 0 atom stereocenters. The van der Waals surface area contributed by atoms with E-state index in [-0.39, 0.29) is 5.54 Å². The Hall–Kier alpha value is -1.53.